The van der Waals surface area contributed by atoms with Crippen LogP contribution in [0.1, 0.15) is 19.8 Å². The first-order valence-electron chi connectivity index (χ1n) is 4.56. The van der Waals surface area contributed by atoms with Crippen molar-refractivity contribution in [3.05, 3.63) is 0 Å². The maximum atomic E-state index is 3.31. The summed E-state index contributed by atoms with van der Waals surface area (Å²) < 4.78 is 0. The van der Waals surface area contributed by atoms with Crippen molar-refractivity contribution < 1.29 is 0 Å². The molecule has 1 saturated heterocycles. The van der Waals surface area contributed by atoms with Crippen LogP contribution in [0.25, 0.3) is 0 Å². The molecule has 0 aromatic heterocycles. The first-order chi connectivity index (χ1) is 5.19. The van der Waals surface area contributed by atoms with E-state index in [9.17, 15) is 0 Å². The predicted molar refractivity (Wildman–Crippen MR) is 46.6 cm³/mol. The van der Waals surface area contributed by atoms with Gasteiger partial charge in [-0.1, -0.05) is 0 Å². The Kier molecular flexibility index (Phi) is 1.52. The van der Waals surface area contributed by atoms with Crippen molar-refractivity contribution >= 4 is 0 Å². The Morgan fingerprint density at radius 1 is 1.55 bits per heavy atom. The topological polar surface area (TPSA) is 15.3 Å². The summed E-state index contributed by atoms with van der Waals surface area (Å²) in [6.45, 7) is 3.55. The lowest BCUT2D eigenvalue weighted by molar-refractivity contribution is 0.286. The third-order valence-electron chi connectivity index (χ3n) is 3.56. The quantitative estimate of drug-likeness (QED) is 0.629. The van der Waals surface area contributed by atoms with Crippen LogP contribution in [0.2, 0.25) is 0 Å². The highest BCUT2D eigenvalue weighted by Crippen LogP contribution is 2.58. The lowest BCUT2D eigenvalue weighted by Crippen LogP contribution is -2.25. The summed E-state index contributed by atoms with van der Waals surface area (Å²) in [7, 11) is 4.33. The van der Waals surface area contributed by atoms with Crippen LogP contribution in [0.15, 0.2) is 0 Å². The van der Waals surface area contributed by atoms with Gasteiger partial charge in [0.05, 0.1) is 0 Å². The Bertz CT molecular complexity index is 169. The Hall–Kier alpha value is -0.0800. The van der Waals surface area contributed by atoms with Crippen LogP contribution in [-0.2, 0) is 0 Å². The summed E-state index contributed by atoms with van der Waals surface area (Å²) >= 11 is 0. The average molecular weight is 154 g/mol. The Balaban J connectivity index is 2.02. The van der Waals surface area contributed by atoms with Crippen LogP contribution >= 0.6 is 0 Å². The van der Waals surface area contributed by atoms with Gasteiger partial charge < -0.3 is 10.2 Å². The van der Waals surface area contributed by atoms with Crippen LogP contribution in [0.4, 0.5) is 0 Å². The summed E-state index contributed by atoms with van der Waals surface area (Å²) in [5.74, 6) is 0. The number of rotatable bonds is 2. The molecular weight excluding hydrogens is 136 g/mol. The molecule has 1 saturated carbocycles. The molecule has 1 N–H and O–H groups in total. The van der Waals surface area contributed by atoms with Gasteiger partial charge in [-0.2, -0.15) is 0 Å². The Labute approximate surface area is 69.0 Å². The molecule has 2 nitrogen and oxygen atoms in total. The van der Waals surface area contributed by atoms with E-state index in [2.05, 4.69) is 31.2 Å². The molecule has 1 heterocycles. The van der Waals surface area contributed by atoms with Gasteiger partial charge in [0.15, 0.2) is 0 Å². The fraction of sp³-hybridized carbons (Fsp3) is 1.00. The zero-order chi connectivity index (χ0) is 8.06. The molecule has 1 aliphatic carbocycles. The molecule has 0 aromatic rings. The van der Waals surface area contributed by atoms with Crippen LogP contribution in [-0.4, -0.2) is 37.6 Å². The van der Waals surface area contributed by atoms with Gasteiger partial charge in [0.25, 0.3) is 0 Å². The van der Waals surface area contributed by atoms with Gasteiger partial charge in [0, 0.05) is 24.0 Å². The summed E-state index contributed by atoms with van der Waals surface area (Å²) in [4.78, 5) is 2.54. The highest BCUT2D eigenvalue weighted by atomic mass is 15.3. The minimum absolute atomic E-state index is 0.670. The van der Waals surface area contributed by atoms with E-state index in [1.165, 1.54) is 19.4 Å². The van der Waals surface area contributed by atoms with Crippen molar-refractivity contribution in [2.24, 2.45) is 5.41 Å². The van der Waals surface area contributed by atoms with E-state index in [0.717, 1.165) is 12.1 Å². The second-order valence-electron chi connectivity index (χ2n) is 4.33. The molecule has 64 valence electrons. The lowest BCUT2D eigenvalue weighted by Gasteiger charge is -2.17. The standard InChI is InChI=1S/C9H18N2/c1-7-4-9(6-10-2)5-8(9)11(7)3/h7-8,10H,4-6H2,1-3H3. The number of hydrogen-bond acceptors (Lipinski definition) is 2. The van der Waals surface area contributed by atoms with E-state index in [1.54, 1.807) is 0 Å². The molecular formula is C9H18N2. The van der Waals surface area contributed by atoms with E-state index < -0.39 is 0 Å². The van der Waals surface area contributed by atoms with E-state index in [-0.39, 0.29) is 0 Å². The molecule has 11 heavy (non-hydrogen) atoms. The minimum Gasteiger partial charge on any atom is -0.319 e. The van der Waals surface area contributed by atoms with E-state index >= 15 is 0 Å². The van der Waals surface area contributed by atoms with Crippen LogP contribution in [0, 0.1) is 5.41 Å². The molecule has 2 heteroatoms. The van der Waals surface area contributed by atoms with Crippen LogP contribution < -0.4 is 5.32 Å². The summed E-state index contributed by atoms with van der Waals surface area (Å²) in [5, 5.41) is 3.31. The first kappa shape index (κ1) is 7.56. The van der Waals surface area contributed by atoms with Gasteiger partial charge in [-0.3, -0.25) is 0 Å². The van der Waals surface area contributed by atoms with E-state index in [4.69, 9.17) is 0 Å². The normalized spacial score (nSPS) is 49.4. The molecule has 3 atom stereocenters. The van der Waals surface area contributed by atoms with Crippen molar-refractivity contribution in [2.45, 2.75) is 31.8 Å². The van der Waals surface area contributed by atoms with Crippen molar-refractivity contribution in [1.29, 1.82) is 0 Å². The Morgan fingerprint density at radius 3 is 2.73 bits per heavy atom. The molecule has 2 aliphatic rings. The molecule has 0 spiro atoms. The highest BCUT2D eigenvalue weighted by Gasteiger charge is 2.61. The number of likely N-dealkylation sites (tertiary alicyclic amines) is 1. The first-order valence-corrected chi connectivity index (χ1v) is 4.56. The number of piperidine rings is 1. The van der Waals surface area contributed by atoms with E-state index in [1.807, 2.05) is 0 Å². The molecule has 0 bridgehead atoms. The van der Waals surface area contributed by atoms with Crippen molar-refractivity contribution in [3.63, 3.8) is 0 Å². The second-order valence-corrected chi connectivity index (χ2v) is 4.33. The minimum atomic E-state index is 0.670. The zero-order valence-electron chi connectivity index (χ0n) is 7.72. The van der Waals surface area contributed by atoms with Crippen molar-refractivity contribution in [3.8, 4) is 0 Å². The van der Waals surface area contributed by atoms with Crippen molar-refractivity contribution in [2.75, 3.05) is 20.6 Å². The number of hydrogen-bond donors (Lipinski definition) is 1. The maximum absolute atomic E-state index is 3.31. The zero-order valence-corrected chi connectivity index (χ0v) is 7.72. The van der Waals surface area contributed by atoms with Gasteiger partial charge in [-0.25, -0.2) is 0 Å². The average Bonchev–Trinajstić information content (AvgIpc) is 2.57. The third-order valence-corrected chi connectivity index (χ3v) is 3.56. The number of nitrogens with zero attached hydrogens (tertiary/aromatic N) is 1. The van der Waals surface area contributed by atoms with Crippen LogP contribution in [0.3, 0.4) is 0 Å². The number of fused-ring (bicyclic) bond motifs is 1. The summed E-state index contributed by atoms with van der Waals surface area (Å²) in [5.41, 5.74) is 0.670. The second kappa shape index (κ2) is 2.20. The van der Waals surface area contributed by atoms with Crippen LogP contribution in [0.5, 0.6) is 0 Å². The van der Waals surface area contributed by atoms with Crippen molar-refractivity contribution in [1.82, 2.24) is 10.2 Å². The van der Waals surface area contributed by atoms with Gasteiger partial charge in [0.1, 0.15) is 0 Å². The SMILES string of the molecule is CNCC12CC(C)N(C)C1C2. The molecule has 3 unspecified atom stereocenters. The lowest BCUT2D eigenvalue weighted by atomic mass is 10.0. The number of nitrogens with one attached hydrogen (secondary N) is 1. The fourth-order valence-electron chi connectivity index (χ4n) is 2.78. The highest BCUT2D eigenvalue weighted by molar-refractivity contribution is 5.16. The smallest absolute Gasteiger partial charge is 0.0171 e. The molecule has 0 radical (unpaired) electrons. The molecule has 0 amide bonds. The molecule has 2 rings (SSSR count). The molecule has 0 aromatic carbocycles. The monoisotopic (exact) mass is 154 g/mol. The summed E-state index contributed by atoms with van der Waals surface area (Å²) in [6, 6.07) is 1.70. The van der Waals surface area contributed by atoms with Gasteiger partial charge in [-0.15, -0.1) is 0 Å². The molecule has 2 fully saturated rings. The van der Waals surface area contributed by atoms with Gasteiger partial charge in [0.2, 0.25) is 0 Å². The van der Waals surface area contributed by atoms with E-state index in [0.29, 0.717) is 5.41 Å². The largest absolute Gasteiger partial charge is 0.319 e. The predicted octanol–water partition coefficient (Wildman–Crippen LogP) is 0.688. The van der Waals surface area contributed by atoms with Gasteiger partial charge >= 0.3 is 0 Å². The Morgan fingerprint density at radius 2 is 2.27 bits per heavy atom. The summed E-state index contributed by atoms with van der Waals surface area (Å²) in [6.07, 6.45) is 2.82. The molecule has 1 aliphatic heterocycles. The fourth-order valence-corrected chi connectivity index (χ4v) is 2.78. The van der Waals surface area contributed by atoms with Gasteiger partial charge in [-0.05, 0) is 33.9 Å². The maximum Gasteiger partial charge on any atom is 0.0171 e. The third kappa shape index (κ3) is 0.926.